The van der Waals surface area contributed by atoms with E-state index in [-0.39, 0.29) is 18.5 Å². The van der Waals surface area contributed by atoms with Crippen molar-refractivity contribution in [3.8, 4) is 0 Å². The standard InChI is InChI=1S/C25H22F2N6O4S2/c1-32(19-2-3-23-20(12-19)29-14-38-23)24(34)21(10-15-8-17(26)11-18(27)9-15)30-25(35)31-39(36,37)33-7-5-16-4-6-28-13-22(16)33/h2-4,6,8-9,11-14,21H,5,7,10H2,1H3,(H2,30,31,35). The quantitative estimate of drug-likeness (QED) is 0.351. The average Bonchev–Trinajstić information content (AvgIpc) is 3.53. The smallest absolute Gasteiger partial charge is 0.325 e. The molecule has 39 heavy (non-hydrogen) atoms. The molecule has 1 aliphatic rings. The Balaban J connectivity index is 1.38. The minimum atomic E-state index is -4.34. The predicted octanol–water partition coefficient (Wildman–Crippen LogP) is 3.15. The van der Waals surface area contributed by atoms with Crippen molar-refractivity contribution >= 4 is 55.1 Å². The molecular formula is C25H22F2N6O4S2. The van der Waals surface area contributed by atoms with Crippen molar-refractivity contribution in [1.29, 1.82) is 0 Å². The molecule has 3 heterocycles. The lowest BCUT2D eigenvalue weighted by molar-refractivity contribution is -0.120. The summed E-state index contributed by atoms with van der Waals surface area (Å²) in [6.07, 6.45) is 3.07. The summed E-state index contributed by atoms with van der Waals surface area (Å²) in [5, 5.41) is 2.37. The maximum absolute atomic E-state index is 13.9. The lowest BCUT2D eigenvalue weighted by Gasteiger charge is -2.26. The van der Waals surface area contributed by atoms with E-state index in [4.69, 9.17) is 0 Å². The fourth-order valence-corrected chi connectivity index (χ4v) is 6.20. The van der Waals surface area contributed by atoms with Crippen LogP contribution in [0.2, 0.25) is 0 Å². The number of anilines is 2. The fourth-order valence-electron chi connectivity index (χ4n) is 4.38. The van der Waals surface area contributed by atoms with Gasteiger partial charge in [-0.3, -0.25) is 14.1 Å². The molecule has 2 aromatic heterocycles. The van der Waals surface area contributed by atoms with Gasteiger partial charge in [-0.05, 0) is 53.9 Å². The van der Waals surface area contributed by atoms with Crippen LogP contribution in [0, 0.1) is 11.6 Å². The van der Waals surface area contributed by atoms with Gasteiger partial charge >= 0.3 is 16.2 Å². The highest BCUT2D eigenvalue weighted by Gasteiger charge is 2.33. The van der Waals surface area contributed by atoms with Crippen LogP contribution >= 0.6 is 11.3 Å². The number of nitrogens with one attached hydrogen (secondary N) is 2. The van der Waals surface area contributed by atoms with E-state index >= 15 is 0 Å². The van der Waals surface area contributed by atoms with Gasteiger partial charge in [-0.15, -0.1) is 11.3 Å². The van der Waals surface area contributed by atoms with Crippen LogP contribution in [0.4, 0.5) is 25.0 Å². The number of benzene rings is 2. The molecule has 4 aromatic rings. The van der Waals surface area contributed by atoms with E-state index in [1.165, 1.54) is 29.5 Å². The largest absolute Gasteiger partial charge is 0.330 e. The monoisotopic (exact) mass is 572 g/mol. The van der Waals surface area contributed by atoms with Gasteiger partial charge < -0.3 is 10.2 Å². The highest BCUT2D eigenvalue weighted by atomic mass is 32.2. The summed E-state index contributed by atoms with van der Waals surface area (Å²) in [4.78, 5) is 35.9. The third-order valence-corrected chi connectivity index (χ3v) is 8.46. The minimum Gasteiger partial charge on any atom is -0.325 e. The molecule has 2 N–H and O–H groups in total. The summed E-state index contributed by atoms with van der Waals surface area (Å²) >= 11 is 1.43. The number of halogens is 2. The number of rotatable bonds is 7. The molecule has 0 spiro atoms. The van der Waals surface area contributed by atoms with Crippen LogP contribution < -0.4 is 19.2 Å². The van der Waals surface area contributed by atoms with E-state index in [2.05, 4.69) is 15.3 Å². The zero-order valence-corrected chi connectivity index (χ0v) is 22.1. The van der Waals surface area contributed by atoms with Crippen LogP contribution in [0.1, 0.15) is 11.1 Å². The summed E-state index contributed by atoms with van der Waals surface area (Å²) in [5.41, 5.74) is 3.99. The second-order valence-electron chi connectivity index (χ2n) is 8.84. The van der Waals surface area contributed by atoms with E-state index in [1.807, 2.05) is 4.72 Å². The first-order chi connectivity index (χ1) is 18.6. The Morgan fingerprint density at radius 2 is 1.92 bits per heavy atom. The molecule has 0 fully saturated rings. The Labute approximate surface area is 226 Å². The first-order valence-corrected chi connectivity index (χ1v) is 14.0. The van der Waals surface area contributed by atoms with Crippen molar-refractivity contribution in [3.63, 3.8) is 0 Å². The number of nitrogens with zero attached hydrogens (tertiary/aromatic N) is 4. The van der Waals surface area contributed by atoms with Crippen molar-refractivity contribution in [1.82, 2.24) is 20.0 Å². The van der Waals surface area contributed by atoms with Crippen molar-refractivity contribution in [2.75, 3.05) is 22.8 Å². The maximum atomic E-state index is 13.9. The summed E-state index contributed by atoms with van der Waals surface area (Å²) in [5.74, 6) is -2.35. The van der Waals surface area contributed by atoms with Gasteiger partial charge in [0.25, 0.3) is 0 Å². The number of aromatic nitrogens is 2. The predicted molar refractivity (Wildman–Crippen MR) is 143 cm³/mol. The van der Waals surface area contributed by atoms with Gasteiger partial charge in [0, 0.05) is 38.0 Å². The molecule has 3 amide bonds. The lowest BCUT2D eigenvalue weighted by atomic mass is 10.0. The first kappa shape index (κ1) is 26.4. The Morgan fingerprint density at radius 3 is 2.69 bits per heavy atom. The van der Waals surface area contributed by atoms with Crippen LogP contribution in [0.3, 0.4) is 0 Å². The van der Waals surface area contributed by atoms with Gasteiger partial charge in [0.05, 0.1) is 27.6 Å². The molecule has 202 valence electrons. The molecule has 1 aliphatic heterocycles. The molecule has 0 aliphatic carbocycles. The van der Waals surface area contributed by atoms with Gasteiger partial charge in [-0.25, -0.2) is 23.3 Å². The molecule has 1 unspecified atom stereocenters. The molecular weight excluding hydrogens is 550 g/mol. The number of thiazole rings is 1. The third kappa shape index (κ3) is 5.66. The van der Waals surface area contributed by atoms with Crippen molar-refractivity contribution in [2.24, 2.45) is 0 Å². The Bertz CT molecular complexity index is 1660. The minimum absolute atomic E-state index is 0.0944. The SMILES string of the molecule is CN(C(=O)C(Cc1cc(F)cc(F)c1)NC(=O)NS(=O)(=O)N1CCc2ccncc21)c1ccc2scnc2c1. The molecule has 0 radical (unpaired) electrons. The number of urea groups is 1. The number of carbonyl (C=O) groups excluding carboxylic acids is 2. The zero-order chi connectivity index (χ0) is 27.7. The second-order valence-corrected chi connectivity index (χ2v) is 11.3. The number of pyridine rings is 1. The molecule has 2 aromatic carbocycles. The van der Waals surface area contributed by atoms with Crippen molar-refractivity contribution in [2.45, 2.75) is 18.9 Å². The van der Waals surface area contributed by atoms with Gasteiger partial charge in [-0.2, -0.15) is 8.42 Å². The van der Waals surface area contributed by atoms with Crippen LogP contribution in [0.15, 0.2) is 60.4 Å². The van der Waals surface area contributed by atoms with Gasteiger partial charge in [0.1, 0.15) is 17.7 Å². The van der Waals surface area contributed by atoms with Crippen molar-refractivity contribution in [3.05, 3.63) is 83.1 Å². The highest BCUT2D eigenvalue weighted by Crippen LogP contribution is 2.28. The molecule has 0 saturated carbocycles. The normalized spacial score (nSPS) is 13.7. The second kappa shape index (κ2) is 10.5. The number of fused-ring (bicyclic) bond motifs is 2. The summed E-state index contributed by atoms with van der Waals surface area (Å²) in [7, 11) is -2.87. The Morgan fingerprint density at radius 1 is 1.15 bits per heavy atom. The van der Waals surface area contributed by atoms with E-state index < -0.39 is 39.8 Å². The van der Waals surface area contributed by atoms with Crippen LogP contribution in [-0.2, 0) is 27.8 Å². The Hall–Kier alpha value is -4.17. The lowest BCUT2D eigenvalue weighted by Crippen LogP contribution is -2.54. The van der Waals surface area contributed by atoms with E-state index in [0.717, 1.165) is 26.7 Å². The van der Waals surface area contributed by atoms with Gasteiger partial charge in [0.2, 0.25) is 5.91 Å². The third-order valence-electron chi connectivity index (χ3n) is 6.25. The number of hydrogen-bond acceptors (Lipinski definition) is 7. The molecule has 5 rings (SSSR count). The first-order valence-electron chi connectivity index (χ1n) is 11.7. The van der Waals surface area contributed by atoms with E-state index in [0.29, 0.717) is 29.4 Å². The van der Waals surface area contributed by atoms with Crippen LogP contribution in [0.25, 0.3) is 10.2 Å². The highest BCUT2D eigenvalue weighted by molar-refractivity contribution is 7.91. The fraction of sp³-hybridized carbons (Fsp3) is 0.200. The molecule has 0 bridgehead atoms. The average molecular weight is 573 g/mol. The molecule has 14 heteroatoms. The van der Waals surface area contributed by atoms with E-state index in [1.54, 1.807) is 36.0 Å². The van der Waals surface area contributed by atoms with Gasteiger partial charge in [0.15, 0.2) is 0 Å². The number of carbonyl (C=O) groups is 2. The number of likely N-dealkylation sites (N-methyl/N-ethyl adjacent to an activating group) is 1. The zero-order valence-electron chi connectivity index (χ0n) is 20.5. The summed E-state index contributed by atoms with van der Waals surface area (Å²) in [6.45, 7) is 0.108. The molecule has 1 atom stereocenters. The van der Waals surface area contributed by atoms with Crippen LogP contribution in [-0.4, -0.2) is 50.0 Å². The van der Waals surface area contributed by atoms with Gasteiger partial charge in [-0.1, -0.05) is 0 Å². The van der Waals surface area contributed by atoms with Crippen molar-refractivity contribution < 1.29 is 26.8 Å². The number of amides is 3. The summed E-state index contributed by atoms with van der Waals surface area (Å²) in [6, 6.07) is 7.08. The molecule has 10 nitrogen and oxygen atoms in total. The Kier molecular flexibility index (Phi) is 7.14. The van der Waals surface area contributed by atoms with Crippen LogP contribution in [0.5, 0.6) is 0 Å². The van der Waals surface area contributed by atoms with E-state index in [9.17, 15) is 26.8 Å². The topological polar surface area (TPSA) is 125 Å². The number of hydrogen-bond donors (Lipinski definition) is 2. The molecule has 0 saturated heterocycles. The summed E-state index contributed by atoms with van der Waals surface area (Å²) < 4.78 is 57.6. The maximum Gasteiger partial charge on any atom is 0.330 e.